The van der Waals surface area contributed by atoms with Crippen LogP contribution in [0.4, 0.5) is 0 Å². The van der Waals surface area contributed by atoms with Crippen LogP contribution < -0.4 is 0 Å². The van der Waals surface area contributed by atoms with Crippen LogP contribution in [-0.4, -0.2) is 39.7 Å². The van der Waals surface area contributed by atoms with Crippen LogP contribution in [-0.2, 0) is 4.79 Å². The van der Waals surface area contributed by atoms with Crippen molar-refractivity contribution in [1.82, 2.24) is 0 Å². The number of fused-ring (bicyclic) bond motifs is 5. The van der Waals surface area contributed by atoms with Gasteiger partial charge in [0.05, 0.1) is 12.2 Å². The first-order valence-electron chi connectivity index (χ1n) is 12.6. The average Bonchev–Trinajstić information content (AvgIpc) is 3.49. The lowest BCUT2D eigenvalue weighted by molar-refractivity contribution is -0.193. The summed E-state index contributed by atoms with van der Waals surface area (Å²) in [5.41, 5.74) is 0.0359. The van der Waals surface area contributed by atoms with E-state index >= 15 is 0 Å². The summed E-state index contributed by atoms with van der Waals surface area (Å²) in [5, 5.41) is 40.0. The number of carboxylic acid groups (broad SMARTS) is 1. The molecule has 6 heteroatoms. The fourth-order valence-corrected chi connectivity index (χ4v) is 9.31. The molecule has 4 fully saturated rings. The predicted molar refractivity (Wildman–Crippen MR) is 116 cm³/mol. The van der Waals surface area contributed by atoms with Gasteiger partial charge in [0, 0.05) is 12.3 Å². The van der Waals surface area contributed by atoms with E-state index in [9.17, 15) is 20.1 Å². The Morgan fingerprint density at radius 3 is 2.48 bits per heavy atom. The van der Waals surface area contributed by atoms with E-state index in [2.05, 4.69) is 31.0 Å². The van der Waals surface area contributed by atoms with Crippen LogP contribution in [0.1, 0.15) is 78.6 Å². The third-order valence-corrected chi connectivity index (χ3v) is 11.0. The van der Waals surface area contributed by atoms with Gasteiger partial charge in [-0.25, -0.2) is 0 Å². The second-order valence-corrected chi connectivity index (χ2v) is 12.2. The molecule has 0 aromatic rings. The summed E-state index contributed by atoms with van der Waals surface area (Å²) in [4.78, 5) is 11.2. The minimum absolute atomic E-state index is 0.124. The molecule has 5 aliphatic rings. The first-order chi connectivity index (χ1) is 14.7. The zero-order valence-corrected chi connectivity index (χ0v) is 19.3. The molecule has 5 rings (SSSR count). The smallest absolute Gasteiger partial charge is 0.303 e. The summed E-state index contributed by atoms with van der Waals surface area (Å²) >= 11 is 0. The first-order valence-corrected chi connectivity index (χ1v) is 12.6. The number of hydrogen-bond donors (Lipinski definition) is 3. The third-order valence-electron chi connectivity index (χ3n) is 11.0. The highest BCUT2D eigenvalue weighted by Crippen LogP contribution is 2.70. The molecule has 1 aliphatic heterocycles. The van der Waals surface area contributed by atoms with Crippen molar-refractivity contribution in [2.75, 3.05) is 0 Å². The highest BCUT2D eigenvalue weighted by molar-refractivity contribution is 5.66. The molecule has 9 unspecified atom stereocenters. The number of rotatable bonds is 5. The molecule has 4 saturated carbocycles. The quantitative estimate of drug-likeness (QED) is 0.595. The van der Waals surface area contributed by atoms with E-state index in [1.54, 1.807) is 0 Å². The fraction of sp³-hybridized carbons (Fsp3) is 0.960. The van der Waals surface area contributed by atoms with Crippen molar-refractivity contribution >= 4 is 5.97 Å². The van der Waals surface area contributed by atoms with Crippen molar-refractivity contribution in [3.05, 3.63) is 0 Å². The molecule has 0 aromatic carbocycles. The summed E-state index contributed by atoms with van der Waals surface area (Å²) in [7, 11) is 0. The second-order valence-electron chi connectivity index (χ2n) is 12.2. The Morgan fingerprint density at radius 1 is 1.06 bits per heavy atom. The van der Waals surface area contributed by atoms with Crippen molar-refractivity contribution < 1.29 is 20.1 Å². The summed E-state index contributed by atoms with van der Waals surface area (Å²) in [5.74, 6) is 2.35. The Kier molecular flexibility index (Phi) is 5.29. The van der Waals surface area contributed by atoms with Crippen molar-refractivity contribution in [3.8, 4) is 0 Å². The Bertz CT molecular complexity index is 752. The minimum atomic E-state index is -0.724. The van der Waals surface area contributed by atoms with E-state index in [1.165, 1.54) is 0 Å². The molecule has 0 amide bonds. The molecule has 11 atom stereocenters. The molecular formula is C25H40N2O4. The molecule has 31 heavy (non-hydrogen) atoms. The maximum Gasteiger partial charge on any atom is 0.303 e. The lowest BCUT2D eigenvalue weighted by Crippen LogP contribution is -2.61. The van der Waals surface area contributed by atoms with Gasteiger partial charge in [-0.3, -0.25) is 4.79 Å². The zero-order valence-electron chi connectivity index (χ0n) is 19.3. The van der Waals surface area contributed by atoms with Crippen molar-refractivity contribution in [2.45, 2.75) is 96.9 Å². The van der Waals surface area contributed by atoms with Gasteiger partial charge in [0.2, 0.25) is 0 Å². The van der Waals surface area contributed by atoms with Gasteiger partial charge in [0.1, 0.15) is 0 Å². The fourth-order valence-electron chi connectivity index (χ4n) is 9.31. The Labute approximate surface area is 185 Å². The molecule has 1 heterocycles. The van der Waals surface area contributed by atoms with Crippen LogP contribution in [0.15, 0.2) is 10.2 Å². The SMILES string of the molecule is CC(CCC(=O)O)C1CCC2C3C(C4N=N4)CC4CC(O)CC[C@]4(C)C3CC(O)[C@]12C. The largest absolute Gasteiger partial charge is 0.481 e. The van der Waals surface area contributed by atoms with E-state index in [0.717, 1.165) is 44.9 Å². The molecule has 0 radical (unpaired) electrons. The molecular weight excluding hydrogens is 392 g/mol. The number of aliphatic hydroxyl groups is 2. The average molecular weight is 433 g/mol. The van der Waals surface area contributed by atoms with Gasteiger partial charge in [-0.15, -0.1) is 0 Å². The molecule has 3 N–H and O–H groups in total. The van der Waals surface area contributed by atoms with Crippen LogP contribution >= 0.6 is 0 Å². The first kappa shape index (κ1) is 21.8. The maximum absolute atomic E-state index is 11.7. The van der Waals surface area contributed by atoms with Gasteiger partial charge >= 0.3 is 5.97 Å². The van der Waals surface area contributed by atoms with Gasteiger partial charge in [0.25, 0.3) is 0 Å². The van der Waals surface area contributed by atoms with Crippen LogP contribution in [0.5, 0.6) is 0 Å². The summed E-state index contributed by atoms with van der Waals surface area (Å²) in [6.07, 6.45) is 7.49. The van der Waals surface area contributed by atoms with E-state index in [-0.39, 0.29) is 35.6 Å². The predicted octanol–water partition coefficient (Wildman–Crippen LogP) is 4.50. The highest BCUT2D eigenvalue weighted by atomic mass is 16.4. The van der Waals surface area contributed by atoms with E-state index in [4.69, 9.17) is 0 Å². The summed E-state index contributed by atoms with van der Waals surface area (Å²) in [6.45, 7) is 6.95. The van der Waals surface area contributed by atoms with Crippen molar-refractivity contribution in [2.24, 2.45) is 62.5 Å². The van der Waals surface area contributed by atoms with Crippen LogP contribution in [0.25, 0.3) is 0 Å². The molecule has 0 aromatic heterocycles. The maximum atomic E-state index is 11.7. The van der Waals surface area contributed by atoms with Crippen LogP contribution in [0, 0.1) is 52.3 Å². The van der Waals surface area contributed by atoms with Crippen LogP contribution in [0.2, 0.25) is 0 Å². The summed E-state index contributed by atoms with van der Waals surface area (Å²) in [6, 6.07) is 0. The van der Waals surface area contributed by atoms with E-state index in [1.807, 2.05) is 0 Å². The van der Waals surface area contributed by atoms with E-state index in [0.29, 0.717) is 47.8 Å². The number of hydrogen-bond acceptors (Lipinski definition) is 5. The van der Waals surface area contributed by atoms with Gasteiger partial charge in [-0.2, -0.15) is 10.2 Å². The Balaban J connectivity index is 1.46. The number of aliphatic carboxylic acids is 1. The molecule has 0 spiro atoms. The molecule has 4 aliphatic carbocycles. The topological polar surface area (TPSA) is 102 Å². The van der Waals surface area contributed by atoms with Crippen molar-refractivity contribution in [3.63, 3.8) is 0 Å². The van der Waals surface area contributed by atoms with Crippen LogP contribution in [0.3, 0.4) is 0 Å². The monoisotopic (exact) mass is 432 g/mol. The molecule has 0 bridgehead atoms. The van der Waals surface area contributed by atoms with Gasteiger partial charge < -0.3 is 15.3 Å². The highest BCUT2D eigenvalue weighted by Gasteiger charge is 2.67. The standard InChI is InChI=1S/C25H40N2O4/c1-13(4-7-21(30)31)17-5-6-18-22-16(23-26-27-23)11-14-10-15(28)8-9-24(14,2)19(22)12-20(29)25(17,18)3/h13-20,22-23,28-29H,4-12H2,1-3H3,(H,30,31)/t13?,14?,15?,16?,17?,18?,19?,20?,22?,24-,25+/m0/s1. The summed E-state index contributed by atoms with van der Waals surface area (Å²) < 4.78 is 0. The molecule has 174 valence electrons. The molecule has 0 saturated heterocycles. The van der Waals surface area contributed by atoms with Crippen molar-refractivity contribution in [1.29, 1.82) is 0 Å². The zero-order chi connectivity index (χ0) is 22.1. The van der Waals surface area contributed by atoms with Gasteiger partial charge in [-0.05, 0) is 97.7 Å². The number of carbonyl (C=O) groups is 1. The molecule has 6 nitrogen and oxygen atoms in total. The minimum Gasteiger partial charge on any atom is -0.481 e. The number of aliphatic hydroxyl groups excluding tert-OH is 2. The van der Waals surface area contributed by atoms with Gasteiger partial charge in [0.15, 0.2) is 6.17 Å². The van der Waals surface area contributed by atoms with E-state index < -0.39 is 5.97 Å². The van der Waals surface area contributed by atoms with Gasteiger partial charge in [-0.1, -0.05) is 20.8 Å². The third kappa shape index (κ3) is 3.30. The number of carboxylic acids is 1. The lowest BCUT2D eigenvalue weighted by Gasteiger charge is -2.64. The second kappa shape index (κ2) is 7.51. The normalized spacial score (nSPS) is 52.2. The Hall–Kier alpha value is -1.01. The number of nitrogens with zero attached hydrogens (tertiary/aromatic N) is 2. The Morgan fingerprint density at radius 2 is 1.81 bits per heavy atom. The lowest BCUT2D eigenvalue weighted by atomic mass is 9.41.